The van der Waals surface area contributed by atoms with Crippen molar-refractivity contribution >= 4 is 22.5 Å². The van der Waals surface area contributed by atoms with Gasteiger partial charge in [0, 0.05) is 5.69 Å². The molecule has 0 bridgehead atoms. The van der Waals surface area contributed by atoms with Crippen LogP contribution in [0.25, 0.3) is 10.9 Å². The van der Waals surface area contributed by atoms with E-state index in [0.29, 0.717) is 35.7 Å². The van der Waals surface area contributed by atoms with Crippen molar-refractivity contribution in [1.82, 2.24) is 9.97 Å². The van der Waals surface area contributed by atoms with Gasteiger partial charge < -0.3 is 15.2 Å². The summed E-state index contributed by atoms with van der Waals surface area (Å²) in [5, 5.41) is 3.64. The van der Waals surface area contributed by atoms with Crippen molar-refractivity contribution < 1.29 is 9.69 Å². The Morgan fingerprint density at radius 3 is 2.62 bits per heavy atom. The van der Waals surface area contributed by atoms with Crippen LogP contribution in [-0.2, 0) is 11.3 Å². The fourth-order valence-corrected chi connectivity index (χ4v) is 3.45. The van der Waals surface area contributed by atoms with E-state index >= 15 is 0 Å². The zero-order valence-electron chi connectivity index (χ0n) is 17.3. The molecule has 0 aliphatic heterocycles. The lowest BCUT2D eigenvalue weighted by molar-refractivity contribution is -0.904. The van der Waals surface area contributed by atoms with Gasteiger partial charge >= 0.3 is 0 Å². The van der Waals surface area contributed by atoms with Crippen molar-refractivity contribution in [3.05, 3.63) is 70.3 Å². The molecular formula is C23H29N4O2+. The Hall–Kier alpha value is -2.99. The Labute approximate surface area is 171 Å². The number of anilines is 1. The van der Waals surface area contributed by atoms with Crippen molar-refractivity contribution in [2.24, 2.45) is 0 Å². The van der Waals surface area contributed by atoms with Gasteiger partial charge in [-0.3, -0.25) is 9.59 Å². The van der Waals surface area contributed by atoms with E-state index in [2.05, 4.69) is 35.2 Å². The summed E-state index contributed by atoms with van der Waals surface area (Å²) in [6.45, 7) is 7.87. The summed E-state index contributed by atoms with van der Waals surface area (Å²) in [4.78, 5) is 33.4. The molecule has 0 aliphatic carbocycles. The summed E-state index contributed by atoms with van der Waals surface area (Å²) in [5.41, 5.74) is 2.56. The standard InChI is InChI=1S/C23H28N4O2/c1-4-16(3)17-10-6-8-12-19(17)25-22(28)15-27(5-2)14-21-24-20-13-9-7-11-18(20)23(29)26-21/h6-13,16H,4-5,14-15H2,1-3H3,(H,25,28)(H,24,26,29)/p+1/t16-/m0/s1. The number of nitrogens with zero attached hydrogens (tertiary/aromatic N) is 1. The molecule has 0 saturated carbocycles. The zero-order chi connectivity index (χ0) is 20.8. The monoisotopic (exact) mass is 393 g/mol. The van der Waals surface area contributed by atoms with Gasteiger partial charge in [0.05, 0.1) is 17.4 Å². The number of nitrogens with one attached hydrogen (secondary N) is 3. The highest BCUT2D eigenvalue weighted by Crippen LogP contribution is 2.26. The van der Waals surface area contributed by atoms with E-state index in [9.17, 15) is 9.59 Å². The zero-order valence-corrected chi connectivity index (χ0v) is 17.3. The molecule has 3 N–H and O–H groups in total. The summed E-state index contributed by atoms with van der Waals surface area (Å²) < 4.78 is 0. The molecule has 3 aromatic rings. The molecule has 29 heavy (non-hydrogen) atoms. The molecule has 6 heteroatoms. The van der Waals surface area contributed by atoms with E-state index in [-0.39, 0.29) is 11.5 Å². The molecule has 3 rings (SSSR count). The van der Waals surface area contributed by atoms with Crippen molar-refractivity contribution in [3.8, 4) is 0 Å². The molecule has 1 amide bonds. The van der Waals surface area contributed by atoms with E-state index in [0.717, 1.165) is 29.1 Å². The minimum absolute atomic E-state index is 0.0410. The summed E-state index contributed by atoms with van der Waals surface area (Å²) in [7, 11) is 0. The van der Waals surface area contributed by atoms with Crippen molar-refractivity contribution in [1.29, 1.82) is 0 Å². The lowest BCUT2D eigenvalue weighted by Gasteiger charge is -2.19. The maximum absolute atomic E-state index is 12.7. The second-order valence-corrected chi connectivity index (χ2v) is 7.43. The number of likely N-dealkylation sites (N-methyl/N-ethyl adjacent to an activating group) is 1. The second-order valence-electron chi connectivity index (χ2n) is 7.43. The van der Waals surface area contributed by atoms with Gasteiger partial charge in [0.15, 0.2) is 12.4 Å². The van der Waals surface area contributed by atoms with E-state index in [1.165, 1.54) is 0 Å². The number of hydrogen-bond donors (Lipinski definition) is 3. The van der Waals surface area contributed by atoms with Gasteiger partial charge in [0.1, 0.15) is 6.54 Å². The van der Waals surface area contributed by atoms with Crippen molar-refractivity contribution in [2.45, 2.75) is 39.7 Å². The lowest BCUT2D eigenvalue weighted by atomic mass is 9.97. The predicted molar refractivity (Wildman–Crippen MR) is 116 cm³/mol. The molecule has 1 aromatic heterocycles. The van der Waals surface area contributed by atoms with Gasteiger partial charge in [-0.05, 0) is 43.0 Å². The molecule has 1 heterocycles. The summed E-state index contributed by atoms with van der Waals surface area (Å²) in [6, 6.07) is 15.2. The van der Waals surface area contributed by atoms with Crippen LogP contribution in [0.3, 0.4) is 0 Å². The highest BCUT2D eigenvalue weighted by Gasteiger charge is 2.17. The first-order chi connectivity index (χ1) is 14.0. The van der Waals surface area contributed by atoms with Crippen molar-refractivity contribution in [3.63, 3.8) is 0 Å². The predicted octanol–water partition coefficient (Wildman–Crippen LogP) is 2.48. The molecule has 2 atom stereocenters. The number of rotatable bonds is 8. The third kappa shape index (κ3) is 5.09. The maximum atomic E-state index is 12.7. The second kappa shape index (κ2) is 9.47. The fourth-order valence-electron chi connectivity index (χ4n) is 3.45. The lowest BCUT2D eigenvalue weighted by Crippen LogP contribution is -3.11. The smallest absolute Gasteiger partial charge is 0.279 e. The van der Waals surface area contributed by atoms with Gasteiger partial charge in [-0.25, -0.2) is 4.98 Å². The van der Waals surface area contributed by atoms with Crippen LogP contribution in [-0.4, -0.2) is 29.0 Å². The molecule has 152 valence electrons. The van der Waals surface area contributed by atoms with Gasteiger partial charge in [-0.1, -0.05) is 44.2 Å². The number of H-pyrrole nitrogens is 1. The Morgan fingerprint density at radius 2 is 1.86 bits per heavy atom. The van der Waals surface area contributed by atoms with E-state index in [1.54, 1.807) is 6.07 Å². The molecule has 0 fully saturated rings. The van der Waals surface area contributed by atoms with Crippen LogP contribution in [0, 0.1) is 0 Å². The van der Waals surface area contributed by atoms with E-state index < -0.39 is 0 Å². The number of quaternary nitrogens is 1. The maximum Gasteiger partial charge on any atom is 0.279 e. The number of fused-ring (bicyclic) bond motifs is 1. The molecule has 0 aliphatic rings. The Kier molecular flexibility index (Phi) is 6.77. The van der Waals surface area contributed by atoms with Crippen LogP contribution < -0.4 is 15.8 Å². The number of benzene rings is 2. The minimum atomic E-state index is -0.145. The molecule has 0 saturated heterocycles. The summed E-state index contributed by atoms with van der Waals surface area (Å²) >= 11 is 0. The third-order valence-corrected chi connectivity index (χ3v) is 5.37. The quantitative estimate of drug-likeness (QED) is 0.550. The first kappa shape index (κ1) is 20.7. The normalized spacial score (nSPS) is 13.2. The largest absolute Gasteiger partial charge is 0.321 e. The molecule has 1 unspecified atom stereocenters. The molecular weight excluding hydrogens is 364 g/mol. The summed E-state index contributed by atoms with van der Waals surface area (Å²) in [6.07, 6.45) is 1.01. The number of carbonyl (C=O) groups excluding carboxylic acids is 1. The van der Waals surface area contributed by atoms with Crippen LogP contribution in [0.15, 0.2) is 53.3 Å². The van der Waals surface area contributed by atoms with Crippen LogP contribution in [0.2, 0.25) is 0 Å². The van der Waals surface area contributed by atoms with Gasteiger partial charge in [0.25, 0.3) is 11.5 Å². The molecule has 0 spiro atoms. The minimum Gasteiger partial charge on any atom is -0.321 e. The molecule has 6 nitrogen and oxygen atoms in total. The average molecular weight is 394 g/mol. The van der Waals surface area contributed by atoms with Crippen LogP contribution >= 0.6 is 0 Å². The summed E-state index contributed by atoms with van der Waals surface area (Å²) in [5.74, 6) is 0.937. The Morgan fingerprint density at radius 1 is 1.14 bits per heavy atom. The number of hydrogen-bond acceptors (Lipinski definition) is 3. The highest BCUT2D eigenvalue weighted by atomic mass is 16.2. The Balaban J connectivity index is 1.71. The van der Waals surface area contributed by atoms with E-state index in [4.69, 9.17) is 0 Å². The first-order valence-corrected chi connectivity index (χ1v) is 10.2. The van der Waals surface area contributed by atoms with Crippen molar-refractivity contribution in [2.75, 3.05) is 18.4 Å². The molecule has 0 radical (unpaired) electrons. The SMILES string of the molecule is CC[C@H](C)c1ccccc1NC(=O)C[NH+](CC)Cc1nc2ccccc2c(=O)[nH]1. The van der Waals surface area contributed by atoms with Gasteiger partial charge in [-0.2, -0.15) is 0 Å². The number of aromatic amines is 1. The van der Waals surface area contributed by atoms with Gasteiger partial charge in [-0.15, -0.1) is 0 Å². The average Bonchev–Trinajstić information content (AvgIpc) is 2.73. The van der Waals surface area contributed by atoms with Crippen LogP contribution in [0.5, 0.6) is 0 Å². The Bertz CT molecular complexity index is 1040. The number of aromatic nitrogens is 2. The topological polar surface area (TPSA) is 79.3 Å². The molecule has 2 aromatic carbocycles. The number of para-hydroxylation sites is 2. The van der Waals surface area contributed by atoms with Crippen LogP contribution in [0.1, 0.15) is 44.5 Å². The van der Waals surface area contributed by atoms with Gasteiger partial charge in [0.2, 0.25) is 0 Å². The fraction of sp³-hybridized carbons (Fsp3) is 0.348. The third-order valence-electron chi connectivity index (χ3n) is 5.37. The number of amides is 1. The highest BCUT2D eigenvalue weighted by molar-refractivity contribution is 5.92. The number of carbonyl (C=O) groups is 1. The van der Waals surface area contributed by atoms with Crippen LogP contribution in [0.4, 0.5) is 5.69 Å². The first-order valence-electron chi connectivity index (χ1n) is 10.2. The van der Waals surface area contributed by atoms with E-state index in [1.807, 2.05) is 43.3 Å².